The van der Waals surface area contributed by atoms with E-state index in [0.29, 0.717) is 54.9 Å². The van der Waals surface area contributed by atoms with E-state index in [1.54, 1.807) is 24.4 Å². The molecule has 3 aromatic rings. The Bertz CT molecular complexity index is 1690. The van der Waals surface area contributed by atoms with Crippen molar-refractivity contribution in [1.29, 1.82) is 0 Å². The third kappa shape index (κ3) is 5.02. The summed E-state index contributed by atoms with van der Waals surface area (Å²) in [5.41, 5.74) is 3.35. The molecule has 3 aliphatic heterocycles. The lowest BCUT2D eigenvalue weighted by Gasteiger charge is -2.41. The first-order valence-corrected chi connectivity index (χ1v) is 16.2. The summed E-state index contributed by atoms with van der Waals surface area (Å²) in [5.74, 6) is 0.0717. The molecule has 1 aromatic heterocycles. The number of hydrogen-bond donors (Lipinski definition) is 1. The molecule has 4 heterocycles. The molecule has 220 valence electrons. The standard InChI is InChI=1S/C30H32ClN5O5S/c31-22-3-5-25-21(12-22)2-1-9-30(25)18-35-16-20-7-10-34(15-20)29(38)13-23-8-11-36(32-23)17-28(37)33-42(39,40)24-4-6-27(41-19-30)26(35)14-24/h3-6,8,11-12,14,20H,1-2,7,9-10,13,15-19H2,(H,33,37)/t20?,30-/m0/s1. The van der Waals surface area contributed by atoms with E-state index in [2.05, 4.69) is 20.8 Å². The lowest BCUT2D eigenvalue weighted by Crippen LogP contribution is -2.47. The van der Waals surface area contributed by atoms with E-state index >= 15 is 0 Å². The summed E-state index contributed by atoms with van der Waals surface area (Å²) in [6.45, 7) is 2.70. The molecule has 1 saturated heterocycles. The lowest BCUT2D eigenvalue weighted by molar-refractivity contribution is -0.129. The largest absolute Gasteiger partial charge is 0.490 e. The van der Waals surface area contributed by atoms with E-state index in [9.17, 15) is 18.0 Å². The normalized spacial score (nSPS) is 25.3. The van der Waals surface area contributed by atoms with Gasteiger partial charge in [0.2, 0.25) is 5.91 Å². The van der Waals surface area contributed by atoms with Crippen LogP contribution < -0.4 is 14.4 Å². The Balaban J connectivity index is 1.30. The van der Waals surface area contributed by atoms with Gasteiger partial charge in [0.15, 0.2) is 0 Å². The molecule has 6 bridgehead atoms. The number of rotatable bonds is 0. The molecule has 42 heavy (non-hydrogen) atoms. The topological polar surface area (TPSA) is 114 Å². The summed E-state index contributed by atoms with van der Waals surface area (Å²) in [7, 11) is -4.16. The zero-order chi connectivity index (χ0) is 29.1. The van der Waals surface area contributed by atoms with Crippen molar-refractivity contribution in [3.05, 3.63) is 70.5 Å². The van der Waals surface area contributed by atoms with Crippen molar-refractivity contribution in [2.75, 3.05) is 37.7 Å². The first kappa shape index (κ1) is 27.3. The minimum Gasteiger partial charge on any atom is -0.490 e. The molecule has 1 spiro atoms. The molecular weight excluding hydrogens is 578 g/mol. The Hall–Kier alpha value is -3.57. The summed E-state index contributed by atoms with van der Waals surface area (Å²) in [4.78, 5) is 30.0. The Morgan fingerprint density at radius 2 is 1.93 bits per heavy atom. The average Bonchev–Trinajstić information content (AvgIpc) is 3.56. The fourth-order valence-corrected chi connectivity index (χ4v) is 8.21. The Morgan fingerprint density at radius 3 is 2.81 bits per heavy atom. The van der Waals surface area contributed by atoms with Crippen molar-refractivity contribution >= 4 is 39.1 Å². The third-order valence-electron chi connectivity index (χ3n) is 9.02. The molecule has 2 amide bonds. The van der Waals surface area contributed by atoms with Crippen LogP contribution in [0.5, 0.6) is 5.75 Å². The van der Waals surface area contributed by atoms with Gasteiger partial charge in [0, 0.05) is 42.8 Å². The second-order valence-electron chi connectivity index (χ2n) is 11.9. The average molecular weight is 610 g/mol. The van der Waals surface area contributed by atoms with Crippen molar-refractivity contribution < 1.29 is 22.7 Å². The minimum absolute atomic E-state index is 0.00413. The van der Waals surface area contributed by atoms with Crippen LogP contribution in [0.15, 0.2) is 53.6 Å². The molecule has 1 N–H and O–H groups in total. The van der Waals surface area contributed by atoms with E-state index < -0.39 is 15.9 Å². The van der Waals surface area contributed by atoms with Crippen molar-refractivity contribution in [2.24, 2.45) is 5.92 Å². The molecule has 2 aromatic carbocycles. The highest BCUT2D eigenvalue weighted by molar-refractivity contribution is 7.90. The predicted molar refractivity (Wildman–Crippen MR) is 156 cm³/mol. The number of ether oxygens (including phenoxy) is 1. The van der Waals surface area contributed by atoms with Crippen LogP contribution in [-0.4, -0.2) is 67.7 Å². The van der Waals surface area contributed by atoms with Gasteiger partial charge in [-0.05, 0) is 79.1 Å². The molecule has 2 atom stereocenters. The number of hydrogen-bond acceptors (Lipinski definition) is 7. The number of carbonyl (C=O) groups is 2. The molecule has 1 aliphatic carbocycles. The van der Waals surface area contributed by atoms with Crippen LogP contribution in [0.3, 0.4) is 0 Å². The van der Waals surface area contributed by atoms with Gasteiger partial charge in [0.05, 0.1) is 29.3 Å². The van der Waals surface area contributed by atoms with Crippen molar-refractivity contribution in [3.63, 3.8) is 0 Å². The van der Waals surface area contributed by atoms with Crippen molar-refractivity contribution in [3.8, 4) is 5.75 Å². The summed E-state index contributed by atoms with van der Waals surface area (Å²) in [5, 5.41) is 5.03. The van der Waals surface area contributed by atoms with Crippen molar-refractivity contribution in [2.45, 2.75) is 49.0 Å². The van der Waals surface area contributed by atoms with E-state index in [4.69, 9.17) is 16.3 Å². The maximum atomic E-state index is 13.4. The molecule has 7 rings (SSSR count). The van der Waals surface area contributed by atoms with Gasteiger partial charge >= 0.3 is 0 Å². The first-order valence-electron chi connectivity index (χ1n) is 14.3. The van der Waals surface area contributed by atoms with Gasteiger partial charge in [-0.1, -0.05) is 17.7 Å². The number of amides is 2. The number of nitrogens with zero attached hydrogens (tertiary/aromatic N) is 4. The number of sulfonamides is 1. The molecule has 1 unspecified atom stereocenters. The fraction of sp³-hybridized carbons (Fsp3) is 0.433. The van der Waals surface area contributed by atoms with Gasteiger partial charge in [-0.25, -0.2) is 13.1 Å². The third-order valence-corrected chi connectivity index (χ3v) is 10.6. The van der Waals surface area contributed by atoms with E-state index in [-0.39, 0.29) is 35.1 Å². The van der Waals surface area contributed by atoms with Crippen LogP contribution in [0, 0.1) is 5.92 Å². The van der Waals surface area contributed by atoms with Crippen LogP contribution in [0.1, 0.15) is 36.1 Å². The van der Waals surface area contributed by atoms with Crippen LogP contribution in [-0.2, 0) is 44.4 Å². The molecule has 0 radical (unpaired) electrons. The number of anilines is 1. The minimum atomic E-state index is -4.16. The zero-order valence-electron chi connectivity index (χ0n) is 23.1. The highest BCUT2D eigenvalue weighted by Gasteiger charge is 2.43. The highest BCUT2D eigenvalue weighted by Crippen LogP contribution is 2.45. The van der Waals surface area contributed by atoms with Crippen LogP contribution in [0.2, 0.25) is 5.02 Å². The van der Waals surface area contributed by atoms with Gasteiger partial charge < -0.3 is 14.5 Å². The number of benzene rings is 2. The van der Waals surface area contributed by atoms with Gasteiger partial charge in [-0.2, -0.15) is 5.10 Å². The summed E-state index contributed by atoms with van der Waals surface area (Å²) >= 11 is 6.37. The van der Waals surface area contributed by atoms with Crippen LogP contribution in [0.4, 0.5) is 5.69 Å². The van der Waals surface area contributed by atoms with E-state index in [1.807, 2.05) is 17.0 Å². The maximum Gasteiger partial charge on any atom is 0.264 e. The maximum absolute atomic E-state index is 13.4. The van der Waals surface area contributed by atoms with Crippen LogP contribution >= 0.6 is 11.6 Å². The number of halogens is 1. The second kappa shape index (κ2) is 10.3. The Kier molecular flexibility index (Phi) is 6.69. The van der Waals surface area contributed by atoms with Crippen LogP contribution in [0.25, 0.3) is 0 Å². The molecule has 12 heteroatoms. The molecular formula is C30H32ClN5O5S. The quantitative estimate of drug-likeness (QED) is 0.417. The molecule has 1 fully saturated rings. The number of fused-ring (bicyclic) bond motifs is 7. The number of aromatic nitrogens is 2. The van der Waals surface area contributed by atoms with Crippen molar-refractivity contribution in [1.82, 2.24) is 19.4 Å². The van der Waals surface area contributed by atoms with Gasteiger partial charge in [-0.15, -0.1) is 0 Å². The van der Waals surface area contributed by atoms with Gasteiger partial charge in [0.25, 0.3) is 15.9 Å². The van der Waals surface area contributed by atoms with Gasteiger partial charge in [0.1, 0.15) is 12.3 Å². The SMILES string of the molecule is O=C1Cn2ccc(n2)CC(=O)N2CCC(C2)CN2C[C@@]3(CCCc4cc(Cl)ccc43)COc3ccc(cc32)S(=O)(=O)N1. The summed E-state index contributed by atoms with van der Waals surface area (Å²) in [6.07, 6.45) is 5.42. The zero-order valence-corrected chi connectivity index (χ0v) is 24.7. The first-order chi connectivity index (χ1) is 20.2. The smallest absolute Gasteiger partial charge is 0.264 e. The summed E-state index contributed by atoms with van der Waals surface area (Å²) in [6, 6.07) is 12.5. The van der Waals surface area contributed by atoms with Gasteiger partial charge in [-0.3, -0.25) is 14.3 Å². The monoisotopic (exact) mass is 609 g/mol. The van der Waals surface area contributed by atoms with E-state index in [0.717, 1.165) is 25.7 Å². The highest BCUT2D eigenvalue weighted by atomic mass is 35.5. The fourth-order valence-electron chi connectivity index (χ4n) is 7.02. The number of carbonyl (C=O) groups excluding carboxylic acids is 2. The lowest BCUT2D eigenvalue weighted by atomic mass is 9.70. The van der Waals surface area contributed by atoms with E-state index in [1.165, 1.54) is 21.9 Å². The molecule has 0 saturated carbocycles. The molecule has 10 nitrogen and oxygen atoms in total. The number of nitrogens with one attached hydrogen (secondary N) is 1. The summed E-state index contributed by atoms with van der Waals surface area (Å²) < 4.78 is 36.8. The Labute approximate surface area is 249 Å². The second-order valence-corrected chi connectivity index (χ2v) is 14.1. The predicted octanol–water partition coefficient (Wildman–Crippen LogP) is 2.92. The molecule has 4 aliphatic rings. The Morgan fingerprint density at radius 1 is 1.07 bits per heavy atom. The number of aryl methyl sites for hydroxylation is 1.